The highest BCUT2D eigenvalue weighted by Crippen LogP contribution is 2.19. The maximum Gasteiger partial charge on any atom is 0.222 e. The molecular weight excluding hydrogens is 218 g/mol. The van der Waals surface area contributed by atoms with E-state index in [4.69, 9.17) is 16.7 Å². The van der Waals surface area contributed by atoms with Crippen molar-refractivity contribution in [1.29, 1.82) is 0 Å². The first-order valence-electron chi connectivity index (χ1n) is 4.12. The minimum atomic E-state index is 0.0963. The molecule has 2 rings (SSSR count). The summed E-state index contributed by atoms with van der Waals surface area (Å²) in [5.41, 5.74) is 1.14. The van der Waals surface area contributed by atoms with Crippen molar-refractivity contribution in [2.24, 2.45) is 0 Å². The van der Waals surface area contributed by atoms with Crippen molar-refractivity contribution in [3.8, 4) is 5.88 Å². The molecule has 0 saturated heterocycles. The summed E-state index contributed by atoms with van der Waals surface area (Å²) in [5.74, 6) is 0.0963. The predicted octanol–water partition coefficient (Wildman–Crippen LogP) is 3.09. The predicted molar refractivity (Wildman–Crippen MR) is 58.0 cm³/mol. The molecule has 0 saturated carbocycles. The Labute approximate surface area is 90.8 Å². The average Bonchev–Trinajstić information content (AvgIpc) is 2.56. The van der Waals surface area contributed by atoms with Gasteiger partial charge in [0.1, 0.15) is 5.01 Å². The first-order chi connectivity index (χ1) is 6.74. The van der Waals surface area contributed by atoms with E-state index in [-0.39, 0.29) is 5.88 Å². The Morgan fingerprint density at radius 1 is 1.29 bits per heavy atom. The molecule has 1 heterocycles. The first-order valence-corrected chi connectivity index (χ1v) is 5.37. The van der Waals surface area contributed by atoms with E-state index in [2.05, 4.69) is 4.98 Å². The van der Waals surface area contributed by atoms with Crippen LogP contribution in [0.2, 0.25) is 5.02 Å². The highest BCUT2D eigenvalue weighted by Gasteiger charge is 2.01. The van der Waals surface area contributed by atoms with Crippen LogP contribution < -0.4 is 0 Å². The Hall–Kier alpha value is -1.06. The van der Waals surface area contributed by atoms with E-state index >= 15 is 0 Å². The minimum Gasteiger partial charge on any atom is -0.493 e. The standard InChI is InChI=1S/C10H8ClNOS/c11-8-3-1-7(2-4-8)5-10-12-9(13)6-14-10/h1-4,6,13H,5H2. The molecule has 0 spiro atoms. The van der Waals surface area contributed by atoms with Crippen LogP contribution in [0.4, 0.5) is 0 Å². The van der Waals surface area contributed by atoms with Crippen molar-refractivity contribution in [2.75, 3.05) is 0 Å². The Bertz CT molecular complexity index is 424. The number of aromatic nitrogens is 1. The first kappa shape index (κ1) is 9.49. The summed E-state index contributed by atoms with van der Waals surface area (Å²) in [5, 5.41) is 12.3. The van der Waals surface area contributed by atoms with Gasteiger partial charge in [-0.2, -0.15) is 0 Å². The van der Waals surface area contributed by atoms with E-state index in [1.54, 1.807) is 5.38 Å². The van der Waals surface area contributed by atoms with Crippen molar-refractivity contribution in [2.45, 2.75) is 6.42 Å². The third kappa shape index (κ3) is 2.25. The van der Waals surface area contributed by atoms with Gasteiger partial charge >= 0.3 is 0 Å². The maximum atomic E-state index is 9.05. The molecule has 2 aromatic rings. The summed E-state index contributed by atoms with van der Waals surface area (Å²) in [4.78, 5) is 3.97. The lowest BCUT2D eigenvalue weighted by molar-refractivity contribution is 0.456. The molecule has 1 aromatic carbocycles. The summed E-state index contributed by atoms with van der Waals surface area (Å²) in [6.07, 6.45) is 0.738. The monoisotopic (exact) mass is 225 g/mol. The number of halogens is 1. The molecule has 1 N–H and O–H groups in total. The lowest BCUT2D eigenvalue weighted by Gasteiger charge is -1.97. The largest absolute Gasteiger partial charge is 0.493 e. The molecular formula is C10H8ClNOS. The molecule has 0 aliphatic rings. The Balaban J connectivity index is 2.15. The van der Waals surface area contributed by atoms with Crippen LogP contribution in [-0.2, 0) is 6.42 Å². The summed E-state index contributed by atoms with van der Waals surface area (Å²) >= 11 is 7.22. The van der Waals surface area contributed by atoms with E-state index < -0.39 is 0 Å². The average molecular weight is 226 g/mol. The van der Waals surface area contributed by atoms with Gasteiger partial charge in [-0.1, -0.05) is 23.7 Å². The highest BCUT2D eigenvalue weighted by atomic mass is 35.5. The second-order valence-corrected chi connectivity index (χ2v) is 4.28. The Morgan fingerprint density at radius 2 is 2.00 bits per heavy atom. The second-order valence-electron chi connectivity index (χ2n) is 2.90. The minimum absolute atomic E-state index is 0.0963. The van der Waals surface area contributed by atoms with E-state index in [1.807, 2.05) is 24.3 Å². The molecule has 4 heteroatoms. The van der Waals surface area contributed by atoms with Crippen LogP contribution >= 0.6 is 22.9 Å². The zero-order valence-electron chi connectivity index (χ0n) is 7.27. The van der Waals surface area contributed by atoms with Gasteiger partial charge in [0.25, 0.3) is 0 Å². The van der Waals surface area contributed by atoms with E-state index in [9.17, 15) is 0 Å². The van der Waals surface area contributed by atoms with Gasteiger partial charge in [-0.15, -0.1) is 11.3 Å². The molecule has 1 aromatic heterocycles. The fourth-order valence-corrected chi connectivity index (χ4v) is 1.98. The van der Waals surface area contributed by atoms with Gasteiger partial charge in [-0.25, -0.2) is 4.98 Å². The molecule has 14 heavy (non-hydrogen) atoms. The van der Waals surface area contributed by atoms with Gasteiger partial charge in [-0.3, -0.25) is 0 Å². The molecule has 0 bridgehead atoms. The molecule has 72 valence electrons. The number of nitrogens with zero attached hydrogens (tertiary/aromatic N) is 1. The summed E-state index contributed by atoms with van der Waals surface area (Å²) in [6, 6.07) is 7.62. The van der Waals surface area contributed by atoms with Gasteiger partial charge in [0.05, 0.1) is 5.38 Å². The normalized spacial score (nSPS) is 10.4. The van der Waals surface area contributed by atoms with Crippen LogP contribution in [0, 0.1) is 0 Å². The molecule has 0 radical (unpaired) electrons. The molecule has 0 amide bonds. The van der Waals surface area contributed by atoms with Crippen LogP contribution in [-0.4, -0.2) is 10.1 Å². The van der Waals surface area contributed by atoms with E-state index in [0.29, 0.717) is 0 Å². The third-order valence-electron chi connectivity index (χ3n) is 1.81. The number of thiazole rings is 1. The van der Waals surface area contributed by atoms with Crippen LogP contribution in [0.3, 0.4) is 0 Å². The number of benzene rings is 1. The number of hydrogen-bond donors (Lipinski definition) is 1. The fraction of sp³-hybridized carbons (Fsp3) is 0.100. The van der Waals surface area contributed by atoms with E-state index in [1.165, 1.54) is 11.3 Å². The van der Waals surface area contributed by atoms with Gasteiger partial charge < -0.3 is 5.11 Å². The lowest BCUT2D eigenvalue weighted by Crippen LogP contribution is -1.85. The van der Waals surface area contributed by atoms with Crippen molar-refractivity contribution < 1.29 is 5.11 Å². The Kier molecular flexibility index (Phi) is 2.70. The molecule has 0 fully saturated rings. The lowest BCUT2D eigenvalue weighted by atomic mass is 10.2. The molecule has 0 unspecified atom stereocenters. The molecule has 0 aliphatic carbocycles. The number of hydrogen-bond acceptors (Lipinski definition) is 3. The quantitative estimate of drug-likeness (QED) is 0.852. The summed E-state index contributed by atoms with van der Waals surface area (Å²) in [6.45, 7) is 0. The summed E-state index contributed by atoms with van der Waals surface area (Å²) in [7, 11) is 0. The van der Waals surface area contributed by atoms with Crippen LogP contribution in [0.5, 0.6) is 5.88 Å². The number of rotatable bonds is 2. The van der Waals surface area contributed by atoms with Crippen molar-refractivity contribution in [3.05, 3.63) is 45.2 Å². The van der Waals surface area contributed by atoms with E-state index in [0.717, 1.165) is 22.0 Å². The fourth-order valence-electron chi connectivity index (χ4n) is 1.16. The van der Waals surface area contributed by atoms with Crippen LogP contribution in [0.15, 0.2) is 29.6 Å². The van der Waals surface area contributed by atoms with Crippen molar-refractivity contribution in [3.63, 3.8) is 0 Å². The summed E-state index contributed by atoms with van der Waals surface area (Å²) < 4.78 is 0. The topological polar surface area (TPSA) is 33.1 Å². The molecule has 0 aliphatic heterocycles. The van der Waals surface area contributed by atoms with Crippen LogP contribution in [0.1, 0.15) is 10.6 Å². The SMILES string of the molecule is Oc1csc(Cc2ccc(Cl)cc2)n1. The number of aromatic hydroxyl groups is 1. The van der Waals surface area contributed by atoms with Gasteiger partial charge in [0.15, 0.2) is 0 Å². The third-order valence-corrected chi connectivity index (χ3v) is 2.90. The molecule has 0 atom stereocenters. The highest BCUT2D eigenvalue weighted by molar-refractivity contribution is 7.09. The van der Waals surface area contributed by atoms with Gasteiger partial charge in [-0.05, 0) is 17.7 Å². The van der Waals surface area contributed by atoms with Crippen LogP contribution in [0.25, 0.3) is 0 Å². The molecule has 2 nitrogen and oxygen atoms in total. The maximum absolute atomic E-state index is 9.05. The zero-order chi connectivity index (χ0) is 9.97. The zero-order valence-corrected chi connectivity index (χ0v) is 8.85. The van der Waals surface area contributed by atoms with Crippen molar-refractivity contribution >= 4 is 22.9 Å². The van der Waals surface area contributed by atoms with Gasteiger partial charge in [0.2, 0.25) is 5.88 Å². The van der Waals surface area contributed by atoms with Gasteiger partial charge in [0, 0.05) is 11.4 Å². The second kappa shape index (κ2) is 3.98. The smallest absolute Gasteiger partial charge is 0.222 e. The van der Waals surface area contributed by atoms with Crippen molar-refractivity contribution in [1.82, 2.24) is 4.98 Å². The Morgan fingerprint density at radius 3 is 2.57 bits per heavy atom.